The topological polar surface area (TPSA) is 95.0 Å². The molecule has 0 aromatic heterocycles. The maximum Gasteiger partial charge on any atom is 0.258 e. The second kappa shape index (κ2) is 11.1. The third kappa shape index (κ3) is 4.26. The molecule has 252 valence electrons. The van der Waals surface area contributed by atoms with Gasteiger partial charge in [-0.1, -0.05) is 48.0 Å². The third-order valence-corrected chi connectivity index (χ3v) is 11.6. The molecule has 2 saturated heterocycles. The van der Waals surface area contributed by atoms with Crippen LogP contribution in [0.15, 0.2) is 60.7 Å². The van der Waals surface area contributed by atoms with E-state index < -0.39 is 104 Å². The molecule has 49 heavy (non-hydrogen) atoms. The summed E-state index contributed by atoms with van der Waals surface area (Å²) < 4.78 is 73.1. The van der Waals surface area contributed by atoms with E-state index in [-0.39, 0.29) is 33.2 Å². The van der Waals surface area contributed by atoms with Crippen molar-refractivity contribution in [2.75, 3.05) is 9.80 Å². The molecule has 0 radical (unpaired) electrons. The van der Waals surface area contributed by atoms with Crippen LogP contribution >= 0.6 is 34.8 Å². The number of hydrogen-bond acceptors (Lipinski definition) is 5. The van der Waals surface area contributed by atoms with Crippen molar-refractivity contribution in [1.29, 1.82) is 0 Å². The Balaban J connectivity index is 1.43. The molecule has 15 heteroatoms. The van der Waals surface area contributed by atoms with Crippen LogP contribution in [-0.2, 0) is 19.2 Å². The van der Waals surface area contributed by atoms with Crippen LogP contribution in [0.3, 0.4) is 0 Å². The van der Waals surface area contributed by atoms with Crippen molar-refractivity contribution in [3.63, 3.8) is 0 Å². The van der Waals surface area contributed by atoms with Crippen LogP contribution in [0, 0.1) is 46.8 Å². The number of amides is 4. The summed E-state index contributed by atoms with van der Waals surface area (Å²) in [5.41, 5.74) is -0.947. The number of allylic oxidation sites excluding steroid dienone is 2. The zero-order valence-corrected chi connectivity index (χ0v) is 26.9. The van der Waals surface area contributed by atoms with E-state index in [0.717, 1.165) is 11.0 Å². The molecule has 3 aromatic carbocycles. The highest BCUT2D eigenvalue weighted by Gasteiger charge is 2.77. The van der Waals surface area contributed by atoms with E-state index in [1.165, 1.54) is 18.2 Å². The Morgan fingerprint density at radius 1 is 0.816 bits per heavy atom. The van der Waals surface area contributed by atoms with Gasteiger partial charge in [0.15, 0.2) is 33.0 Å². The van der Waals surface area contributed by atoms with Crippen LogP contribution in [0.5, 0.6) is 5.75 Å². The average molecular weight is 738 g/mol. The monoisotopic (exact) mass is 736 g/mol. The molecule has 0 spiro atoms. The third-order valence-electron chi connectivity index (χ3n) is 9.91. The number of aromatic hydroxyl groups is 1. The number of carbonyl (C=O) groups excluding carboxylic acids is 4. The fourth-order valence-electron chi connectivity index (χ4n) is 7.68. The number of phenolic OH excluding ortho intramolecular Hbond substituents is 1. The summed E-state index contributed by atoms with van der Waals surface area (Å²) >= 11 is 20.4. The fourth-order valence-corrected chi connectivity index (χ4v) is 8.79. The van der Waals surface area contributed by atoms with E-state index in [9.17, 15) is 37.5 Å². The molecule has 4 amide bonds. The Morgan fingerprint density at radius 2 is 1.43 bits per heavy atom. The summed E-state index contributed by atoms with van der Waals surface area (Å²) in [6.45, 7) is 3.68. The molecule has 0 bridgehead atoms. The van der Waals surface area contributed by atoms with Gasteiger partial charge in [-0.3, -0.25) is 24.1 Å². The quantitative estimate of drug-likeness (QED) is 0.0767. The molecule has 1 saturated carbocycles. The fraction of sp³-hybridized carbons (Fsp3) is 0.235. The summed E-state index contributed by atoms with van der Waals surface area (Å²) in [6.07, 6.45) is 2.34. The second-order valence-corrected chi connectivity index (χ2v) is 13.9. The number of hydrogen-bond donors (Lipinski definition) is 1. The number of fused-ring (bicyclic) bond motifs is 4. The number of anilines is 2. The first-order chi connectivity index (χ1) is 23.1. The molecule has 3 aromatic rings. The minimum absolute atomic E-state index is 0.0132. The van der Waals surface area contributed by atoms with Crippen molar-refractivity contribution in [2.24, 2.45) is 17.8 Å². The lowest BCUT2D eigenvalue weighted by atomic mass is 9.56. The van der Waals surface area contributed by atoms with Crippen LogP contribution in [-0.4, -0.2) is 38.5 Å². The van der Waals surface area contributed by atoms with Gasteiger partial charge in [0.25, 0.3) is 11.8 Å². The molecular formula is C34H20Cl3F5N2O5. The average Bonchev–Trinajstić information content (AvgIpc) is 3.42. The predicted octanol–water partition coefficient (Wildman–Crippen LogP) is 7.15. The standard InChI is InChI=1S/C34H20Cl3F5N2O5/c1-2-13-3-6-15(7-4-13)43-29(46)17-9-8-16-19(21(17)30(43)47)12-33(36)31(48)44(28-26(41)24(39)23(38)25(40)27(28)42)32(49)34(33,37)22(16)18-11-14(35)5-10-20(18)45/h2-8,10-11,17,19,21-22,45H,1,9,12H2/t17-,19+,21-,22+,33+,34-/m0/s1. The highest BCUT2D eigenvalue weighted by Crippen LogP contribution is 2.67. The SMILES string of the molecule is C=Cc1ccc(N2C(=O)[C@H]3[C@H](CC=C4[C@H]3C[C@@]3(Cl)C(=O)N(c5c(F)c(F)c(F)c(F)c5F)C(=O)[C@@]3(Cl)[C@H]4c3cc(Cl)ccc3O)C2=O)cc1. The lowest BCUT2D eigenvalue weighted by molar-refractivity contribution is -0.125. The van der Waals surface area contributed by atoms with Gasteiger partial charge < -0.3 is 5.11 Å². The summed E-state index contributed by atoms with van der Waals surface area (Å²) in [7, 11) is 0. The number of imide groups is 2. The Bertz CT molecular complexity index is 2070. The maximum atomic E-state index is 15.2. The predicted molar refractivity (Wildman–Crippen MR) is 169 cm³/mol. The second-order valence-electron chi connectivity index (χ2n) is 12.2. The van der Waals surface area contributed by atoms with Gasteiger partial charge in [0.1, 0.15) is 11.4 Å². The van der Waals surface area contributed by atoms with E-state index >= 15 is 8.78 Å². The largest absolute Gasteiger partial charge is 0.508 e. The molecule has 2 aliphatic carbocycles. The van der Waals surface area contributed by atoms with E-state index in [0.29, 0.717) is 5.56 Å². The first-order valence-electron chi connectivity index (χ1n) is 14.7. The lowest BCUT2D eigenvalue weighted by Gasteiger charge is -2.50. The zero-order chi connectivity index (χ0) is 35.5. The normalized spacial score (nSPS) is 29.2. The van der Waals surface area contributed by atoms with Crippen LogP contribution in [0.4, 0.5) is 33.3 Å². The first kappa shape index (κ1) is 33.2. The molecule has 2 aliphatic heterocycles. The van der Waals surface area contributed by atoms with E-state index in [2.05, 4.69) is 6.58 Å². The zero-order valence-electron chi connectivity index (χ0n) is 24.6. The van der Waals surface area contributed by atoms with Crippen molar-refractivity contribution >= 4 is 75.9 Å². The molecule has 1 N–H and O–H groups in total. The Labute approximate surface area is 289 Å². The molecule has 3 fully saturated rings. The minimum Gasteiger partial charge on any atom is -0.508 e. The number of benzene rings is 3. The summed E-state index contributed by atoms with van der Waals surface area (Å²) in [6, 6.07) is 10.00. The number of phenols is 1. The van der Waals surface area contributed by atoms with Crippen molar-refractivity contribution < 1.29 is 46.2 Å². The van der Waals surface area contributed by atoms with Gasteiger partial charge in [-0.15, -0.1) is 23.2 Å². The molecule has 7 rings (SSSR count). The van der Waals surface area contributed by atoms with Crippen LogP contribution in [0.25, 0.3) is 6.08 Å². The summed E-state index contributed by atoms with van der Waals surface area (Å²) in [5, 5.41) is 11.1. The Kier molecular flexibility index (Phi) is 7.55. The van der Waals surface area contributed by atoms with E-state index in [4.69, 9.17) is 34.8 Å². The smallest absolute Gasteiger partial charge is 0.258 e. The van der Waals surface area contributed by atoms with Crippen LogP contribution in [0.1, 0.15) is 29.9 Å². The van der Waals surface area contributed by atoms with E-state index in [1.807, 2.05) is 0 Å². The number of halogens is 8. The lowest BCUT2D eigenvalue weighted by Crippen LogP contribution is -2.60. The Morgan fingerprint density at radius 3 is 2.04 bits per heavy atom. The molecule has 0 unspecified atom stereocenters. The van der Waals surface area contributed by atoms with Gasteiger partial charge in [-0.25, -0.2) is 26.9 Å². The van der Waals surface area contributed by atoms with Crippen LogP contribution < -0.4 is 9.80 Å². The maximum absolute atomic E-state index is 15.2. The highest BCUT2D eigenvalue weighted by atomic mass is 35.5. The molecule has 4 aliphatic rings. The molecule has 6 atom stereocenters. The number of nitrogens with zero attached hydrogens (tertiary/aromatic N) is 2. The molecule has 7 nitrogen and oxygen atoms in total. The van der Waals surface area contributed by atoms with Gasteiger partial charge in [0.05, 0.1) is 17.5 Å². The highest BCUT2D eigenvalue weighted by molar-refractivity contribution is 6.58. The van der Waals surface area contributed by atoms with Crippen molar-refractivity contribution in [2.45, 2.75) is 28.5 Å². The van der Waals surface area contributed by atoms with Gasteiger partial charge in [0.2, 0.25) is 17.6 Å². The van der Waals surface area contributed by atoms with Gasteiger partial charge in [0, 0.05) is 16.5 Å². The van der Waals surface area contributed by atoms with Gasteiger partial charge >= 0.3 is 0 Å². The van der Waals surface area contributed by atoms with Gasteiger partial charge in [-0.2, -0.15) is 0 Å². The van der Waals surface area contributed by atoms with Crippen molar-refractivity contribution in [3.05, 3.63) is 106 Å². The van der Waals surface area contributed by atoms with E-state index in [1.54, 1.807) is 30.3 Å². The van der Waals surface area contributed by atoms with Crippen molar-refractivity contribution in [1.82, 2.24) is 0 Å². The van der Waals surface area contributed by atoms with Crippen molar-refractivity contribution in [3.8, 4) is 5.75 Å². The molecular weight excluding hydrogens is 718 g/mol. The minimum atomic E-state index is -2.78. The Hall–Kier alpha value is -4.26. The van der Waals surface area contributed by atoms with Gasteiger partial charge in [-0.05, 0) is 54.7 Å². The van der Waals surface area contributed by atoms with Crippen LogP contribution in [0.2, 0.25) is 5.02 Å². The first-order valence-corrected chi connectivity index (χ1v) is 15.8. The number of carbonyl (C=O) groups is 4. The number of alkyl halides is 2. The summed E-state index contributed by atoms with van der Waals surface area (Å²) in [4.78, 5) is 51.6. The molecule has 2 heterocycles. The summed E-state index contributed by atoms with van der Waals surface area (Å²) in [5.74, 6) is -22.4. The number of rotatable bonds is 4.